The molecule has 3 aromatic rings. The summed E-state index contributed by atoms with van der Waals surface area (Å²) >= 11 is 0. The van der Waals surface area contributed by atoms with Crippen LogP contribution in [0.2, 0.25) is 0 Å². The molecule has 1 amide bonds. The number of fused-ring (bicyclic) bond motifs is 1. The maximum Gasteiger partial charge on any atom is 0.420 e. The summed E-state index contributed by atoms with van der Waals surface area (Å²) in [5.74, 6) is -0.635. The van der Waals surface area contributed by atoms with Crippen LogP contribution >= 0.6 is 0 Å². The van der Waals surface area contributed by atoms with Crippen molar-refractivity contribution in [1.29, 1.82) is 0 Å². The first-order chi connectivity index (χ1) is 11.6. The fourth-order valence-corrected chi connectivity index (χ4v) is 2.47. The van der Waals surface area contributed by atoms with E-state index in [1.165, 1.54) is 23.2 Å². The number of hydrogen-bond acceptors (Lipinski definition) is 5. The fourth-order valence-electron chi connectivity index (χ4n) is 2.47. The van der Waals surface area contributed by atoms with Crippen molar-refractivity contribution in [2.45, 2.75) is 26.4 Å². The van der Waals surface area contributed by atoms with Gasteiger partial charge in [0.1, 0.15) is 5.69 Å². The number of nitrogens with zero attached hydrogens (tertiary/aromatic N) is 3. The lowest BCUT2D eigenvalue weighted by molar-refractivity contribution is 0.0914. The Labute approximate surface area is 138 Å². The van der Waals surface area contributed by atoms with Crippen LogP contribution in [0.5, 0.6) is 0 Å². The summed E-state index contributed by atoms with van der Waals surface area (Å²) in [4.78, 5) is 32.3. The van der Waals surface area contributed by atoms with Crippen molar-refractivity contribution in [1.82, 2.24) is 19.9 Å². The second-order valence-electron chi connectivity index (χ2n) is 5.86. The number of benzene rings is 1. The van der Waals surface area contributed by atoms with Crippen LogP contribution in [-0.2, 0) is 6.54 Å². The Balaban J connectivity index is 1.85. The van der Waals surface area contributed by atoms with E-state index in [2.05, 4.69) is 15.3 Å². The molecule has 7 heteroatoms. The highest BCUT2D eigenvalue weighted by Crippen LogP contribution is 2.14. The summed E-state index contributed by atoms with van der Waals surface area (Å²) in [5.41, 5.74) is 1.49. The molecule has 0 aliphatic heterocycles. The minimum atomic E-state index is -0.435. The van der Waals surface area contributed by atoms with Gasteiger partial charge in [0, 0.05) is 25.0 Å². The topological polar surface area (TPSA) is 90.0 Å². The Bertz CT molecular complexity index is 899. The van der Waals surface area contributed by atoms with Crippen LogP contribution in [-0.4, -0.2) is 26.5 Å². The molecule has 0 fully saturated rings. The molecular formula is C17H18N4O3. The molecule has 7 nitrogen and oxygen atoms in total. The number of para-hydroxylation sites is 2. The number of carbonyl (C=O) groups is 1. The predicted molar refractivity (Wildman–Crippen MR) is 88.6 cm³/mol. The first-order valence-electron chi connectivity index (χ1n) is 7.71. The van der Waals surface area contributed by atoms with E-state index in [4.69, 9.17) is 4.42 Å². The Morgan fingerprint density at radius 1 is 1.29 bits per heavy atom. The van der Waals surface area contributed by atoms with E-state index in [9.17, 15) is 9.59 Å². The predicted octanol–water partition coefficient (Wildman–Crippen LogP) is 1.84. The molecule has 3 rings (SSSR count). The first kappa shape index (κ1) is 15.9. The number of aromatic nitrogens is 3. The fraction of sp³-hybridized carbons (Fsp3) is 0.294. The molecule has 0 aliphatic carbocycles. The minimum Gasteiger partial charge on any atom is -0.408 e. The molecule has 0 saturated heterocycles. The molecule has 1 atom stereocenters. The lowest BCUT2D eigenvalue weighted by Gasteiger charge is -2.22. The smallest absolute Gasteiger partial charge is 0.408 e. The summed E-state index contributed by atoms with van der Waals surface area (Å²) in [5, 5.41) is 2.92. The molecule has 2 heterocycles. The lowest BCUT2D eigenvalue weighted by atomic mass is 10.0. The van der Waals surface area contributed by atoms with Crippen molar-refractivity contribution in [2.24, 2.45) is 5.92 Å². The van der Waals surface area contributed by atoms with E-state index in [0.29, 0.717) is 17.6 Å². The van der Waals surface area contributed by atoms with Gasteiger partial charge >= 0.3 is 5.76 Å². The molecule has 1 aromatic carbocycles. The summed E-state index contributed by atoms with van der Waals surface area (Å²) in [7, 11) is 0. The average Bonchev–Trinajstić information content (AvgIpc) is 2.90. The van der Waals surface area contributed by atoms with Gasteiger partial charge in [-0.25, -0.2) is 9.78 Å². The number of hydrogen-bond donors (Lipinski definition) is 1. The number of rotatable bonds is 5. The zero-order valence-corrected chi connectivity index (χ0v) is 13.5. The van der Waals surface area contributed by atoms with E-state index >= 15 is 0 Å². The molecule has 1 N–H and O–H groups in total. The summed E-state index contributed by atoms with van der Waals surface area (Å²) in [6, 6.07) is 6.97. The number of oxazole rings is 1. The van der Waals surface area contributed by atoms with Crippen molar-refractivity contribution in [3.05, 3.63) is 59.1 Å². The van der Waals surface area contributed by atoms with Crippen molar-refractivity contribution in [3.8, 4) is 0 Å². The Kier molecular flexibility index (Phi) is 4.41. The van der Waals surface area contributed by atoms with Crippen LogP contribution in [0.1, 0.15) is 24.3 Å². The van der Waals surface area contributed by atoms with Gasteiger partial charge in [-0.1, -0.05) is 26.0 Å². The third-order valence-electron chi connectivity index (χ3n) is 3.87. The van der Waals surface area contributed by atoms with Gasteiger partial charge in [-0.15, -0.1) is 0 Å². The number of nitrogens with one attached hydrogen (secondary N) is 1. The van der Waals surface area contributed by atoms with Gasteiger partial charge in [0.15, 0.2) is 5.58 Å². The van der Waals surface area contributed by atoms with E-state index in [1.54, 1.807) is 6.07 Å². The number of carbonyl (C=O) groups excluding carboxylic acids is 1. The van der Waals surface area contributed by atoms with Gasteiger partial charge in [0.2, 0.25) is 0 Å². The third kappa shape index (κ3) is 3.19. The van der Waals surface area contributed by atoms with Gasteiger partial charge in [-0.2, -0.15) is 0 Å². The van der Waals surface area contributed by atoms with Gasteiger partial charge in [0.25, 0.3) is 5.91 Å². The van der Waals surface area contributed by atoms with E-state index < -0.39 is 5.76 Å². The standard InChI is InChI=1S/C17H18N4O3/c1-11(2)13(20-16(22)12-9-18-7-8-19-12)10-21-14-5-3-4-6-15(14)24-17(21)23/h3-9,11,13H,10H2,1-2H3,(H,20,22)/t13-/m1/s1. The van der Waals surface area contributed by atoms with Crippen LogP contribution < -0.4 is 11.1 Å². The molecule has 24 heavy (non-hydrogen) atoms. The zero-order valence-electron chi connectivity index (χ0n) is 13.5. The van der Waals surface area contributed by atoms with Gasteiger partial charge in [0.05, 0.1) is 11.7 Å². The van der Waals surface area contributed by atoms with E-state index in [1.807, 2.05) is 32.0 Å². The Morgan fingerprint density at radius 2 is 2.08 bits per heavy atom. The highest BCUT2D eigenvalue weighted by molar-refractivity contribution is 5.92. The molecular weight excluding hydrogens is 308 g/mol. The Morgan fingerprint density at radius 3 is 2.79 bits per heavy atom. The Hall–Kier alpha value is -2.96. The molecule has 0 spiro atoms. The molecule has 0 aliphatic rings. The van der Waals surface area contributed by atoms with Crippen molar-refractivity contribution >= 4 is 17.0 Å². The van der Waals surface area contributed by atoms with Gasteiger partial charge in [-0.3, -0.25) is 14.3 Å². The second-order valence-corrected chi connectivity index (χ2v) is 5.86. The molecule has 124 valence electrons. The third-order valence-corrected chi connectivity index (χ3v) is 3.87. The van der Waals surface area contributed by atoms with Crippen molar-refractivity contribution in [2.75, 3.05) is 0 Å². The highest BCUT2D eigenvalue weighted by atomic mass is 16.4. The van der Waals surface area contributed by atoms with Crippen LogP contribution in [0.25, 0.3) is 11.1 Å². The van der Waals surface area contributed by atoms with Gasteiger partial charge in [-0.05, 0) is 18.1 Å². The van der Waals surface area contributed by atoms with Crippen LogP contribution in [0.3, 0.4) is 0 Å². The monoisotopic (exact) mass is 326 g/mol. The molecule has 0 radical (unpaired) electrons. The summed E-state index contributed by atoms with van der Waals surface area (Å²) in [6.07, 6.45) is 4.38. The molecule has 2 aromatic heterocycles. The van der Waals surface area contributed by atoms with Gasteiger partial charge < -0.3 is 9.73 Å². The maximum atomic E-state index is 12.3. The quantitative estimate of drug-likeness (QED) is 0.772. The highest BCUT2D eigenvalue weighted by Gasteiger charge is 2.21. The zero-order chi connectivity index (χ0) is 17.1. The van der Waals surface area contributed by atoms with Crippen LogP contribution in [0.15, 0.2) is 52.1 Å². The largest absolute Gasteiger partial charge is 0.420 e. The minimum absolute atomic E-state index is 0.117. The van der Waals surface area contributed by atoms with Crippen molar-refractivity contribution < 1.29 is 9.21 Å². The molecule has 0 unspecified atom stereocenters. The van der Waals surface area contributed by atoms with Crippen LogP contribution in [0.4, 0.5) is 0 Å². The summed E-state index contributed by atoms with van der Waals surface area (Å²) < 4.78 is 6.78. The lowest BCUT2D eigenvalue weighted by Crippen LogP contribution is -2.43. The summed E-state index contributed by atoms with van der Waals surface area (Å²) in [6.45, 7) is 4.28. The number of amides is 1. The normalized spacial score (nSPS) is 12.5. The molecule has 0 saturated carbocycles. The maximum absolute atomic E-state index is 12.3. The van der Waals surface area contributed by atoms with Crippen LogP contribution in [0, 0.1) is 5.92 Å². The second kappa shape index (κ2) is 6.66. The first-order valence-corrected chi connectivity index (χ1v) is 7.71. The average molecular weight is 326 g/mol. The van der Waals surface area contributed by atoms with E-state index in [-0.39, 0.29) is 23.6 Å². The molecule has 0 bridgehead atoms. The SMILES string of the molecule is CC(C)[C@@H](Cn1c(=O)oc2ccccc21)NC(=O)c1cnccn1. The van der Waals surface area contributed by atoms with Crippen molar-refractivity contribution in [3.63, 3.8) is 0 Å². The van der Waals surface area contributed by atoms with E-state index in [0.717, 1.165) is 0 Å².